The van der Waals surface area contributed by atoms with Crippen molar-refractivity contribution < 1.29 is 23.6 Å². The number of ether oxygens (including phenoxy) is 2. The quantitative estimate of drug-likeness (QED) is 0.232. The molecule has 2 aromatic rings. The molecular weight excluding hydrogens is 342 g/mol. The molecule has 8 heteroatoms. The van der Waals surface area contributed by atoms with Gasteiger partial charge >= 0.3 is 17.3 Å². The van der Waals surface area contributed by atoms with Gasteiger partial charge in [0.2, 0.25) is 5.75 Å². The second-order valence-corrected chi connectivity index (χ2v) is 5.96. The van der Waals surface area contributed by atoms with Crippen molar-refractivity contribution in [2.75, 3.05) is 6.61 Å². The maximum Gasteiger partial charge on any atom is 0.347 e. The van der Waals surface area contributed by atoms with Crippen LogP contribution in [0.3, 0.4) is 0 Å². The van der Waals surface area contributed by atoms with Gasteiger partial charge in [0.1, 0.15) is 5.58 Å². The summed E-state index contributed by atoms with van der Waals surface area (Å²) in [5, 5.41) is 11.8. The minimum Gasteiger partial charge on any atom is -0.472 e. The number of hydrogen-bond acceptors (Lipinski definition) is 7. The zero-order valence-corrected chi connectivity index (χ0v) is 14.9. The SMILES string of the molecule is CCCCCOC(=O)C(C)Oc1cc2oc(=O)cc(C)c2cc1[N+](=O)[O-]. The first-order chi connectivity index (χ1) is 12.3. The Morgan fingerprint density at radius 2 is 2.04 bits per heavy atom. The van der Waals surface area contributed by atoms with Gasteiger partial charge in [0.15, 0.2) is 6.10 Å². The van der Waals surface area contributed by atoms with Crippen molar-refractivity contribution in [3.8, 4) is 5.75 Å². The predicted octanol–water partition coefficient (Wildman–Crippen LogP) is 3.51. The number of rotatable bonds is 8. The molecule has 0 aliphatic carbocycles. The van der Waals surface area contributed by atoms with Crippen LogP contribution in [0.5, 0.6) is 5.75 Å². The summed E-state index contributed by atoms with van der Waals surface area (Å²) >= 11 is 0. The summed E-state index contributed by atoms with van der Waals surface area (Å²) in [5.41, 5.74) is -0.188. The molecule has 8 nitrogen and oxygen atoms in total. The summed E-state index contributed by atoms with van der Waals surface area (Å²) in [6.45, 7) is 5.41. The van der Waals surface area contributed by atoms with Crippen LogP contribution in [0.25, 0.3) is 11.0 Å². The van der Waals surface area contributed by atoms with Gasteiger partial charge in [-0.25, -0.2) is 9.59 Å². The van der Waals surface area contributed by atoms with E-state index in [4.69, 9.17) is 13.9 Å². The van der Waals surface area contributed by atoms with E-state index >= 15 is 0 Å². The summed E-state index contributed by atoms with van der Waals surface area (Å²) in [6.07, 6.45) is 1.65. The molecule has 1 heterocycles. The molecule has 1 unspecified atom stereocenters. The van der Waals surface area contributed by atoms with Gasteiger partial charge < -0.3 is 13.9 Å². The highest BCUT2D eigenvalue weighted by molar-refractivity contribution is 5.85. The normalized spacial score (nSPS) is 12.0. The lowest BCUT2D eigenvalue weighted by Gasteiger charge is -2.14. The number of esters is 1. The average Bonchev–Trinajstić information content (AvgIpc) is 2.57. The molecule has 1 aromatic carbocycles. The number of nitrogens with zero attached hydrogens (tertiary/aromatic N) is 1. The molecule has 0 N–H and O–H groups in total. The molecule has 0 fully saturated rings. The highest BCUT2D eigenvalue weighted by Gasteiger charge is 2.24. The molecule has 1 aromatic heterocycles. The Labute approximate surface area is 149 Å². The van der Waals surface area contributed by atoms with E-state index in [9.17, 15) is 19.7 Å². The van der Waals surface area contributed by atoms with Crippen LogP contribution in [0.15, 0.2) is 27.4 Å². The van der Waals surface area contributed by atoms with Crippen molar-refractivity contribution in [2.45, 2.75) is 46.1 Å². The number of benzene rings is 1. The lowest BCUT2D eigenvalue weighted by Crippen LogP contribution is -2.26. The van der Waals surface area contributed by atoms with Gasteiger partial charge in [0.25, 0.3) is 0 Å². The van der Waals surface area contributed by atoms with Gasteiger partial charge in [-0.2, -0.15) is 0 Å². The summed E-state index contributed by atoms with van der Waals surface area (Å²) < 4.78 is 15.6. The second kappa shape index (κ2) is 8.46. The summed E-state index contributed by atoms with van der Waals surface area (Å²) in [4.78, 5) is 34.2. The highest BCUT2D eigenvalue weighted by Crippen LogP contribution is 2.33. The minimum absolute atomic E-state index is 0.152. The molecular formula is C18H21NO7. The molecule has 0 radical (unpaired) electrons. The average molecular weight is 363 g/mol. The number of nitro groups is 1. The van der Waals surface area contributed by atoms with E-state index in [-0.39, 0.29) is 23.6 Å². The number of fused-ring (bicyclic) bond motifs is 1. The van der Waals surface area contributed by atoms with Crippen molar-refractivity contribution in [3.63, 3.8) is 0 Å². The lowest BCUT2D eigenvalue weighted by atomic mass is 10.1. The minimum atomic E-state index is -1.04. The number of unbranched alkanes of at least 4 members (excludes halogenated alkanes) is 2. The van der Waals surface area contributed by atoms with E-state index < -0.39 is 22.6 Å². The standard InChI is InChI=1S/C18H21NO7/c1-4-5-6-7-24-18(21)12(3)25-16-10-15-13(9-14(16)19(22)23)11(2)8-17(20)26-15/h8-10,12H,4-7H2,1-3H3. The molecule has 0 aliphatic rings. The Morgan fingerprint density at radius 1 is 1.31 bits per heavy atom. The molecule has 1 atom stereocenters. The second-order valence-electron chi connectivity index (χ2n) is 5.96. The van der Waals surface area contributed by atoms with Crippen LogP contribution in [0.2, 0.25) is 0 Å². The van der Waals surface area contributed by atoms with Crippen LogP contribution in [-0.4, -0.2) is 23.6 Å². The largest absolute Gasteiger partial charge is 0.472 e. The molecule has 0 amide bonds. The van der Waals surface area contributed by atoms with E-state index in [1.54, 1.807) is 6.92 Å². The van der Waals surface area contributed by atoms with Crippen molar-refractivity contribution in [3.05, 3.63) is 44.3 Å². The van der Waals surface area contributed by atoms with Crippen LogP contribution in [0, 0.1) is 17.0 Å². The number of hydrogen-bond donors (Lipinski definition) is 0. The van der Waals surface area contributed by atoms with Crippen LogP contribution >= 0.6 is 0 Å². The Bertz CT molecular complexity index is 872. The van der Waals surface area contributed by atoms with Crippen LogP contribution in [-0.2, 0) is 9.53 Å². The number of carbonyl (C=O) groups is 1. The maximum atomic E-state index is 12.0. The van der Waals surface area contributed by atoms with Gasteiger partial charge in [-0.3, -0.25) is 10.1 Å². The van der Waals surface area contributed by atoms with Crippen molar-refractivity contribution in [1.29, 1.82) is 0 Å². The van der Waals surface area contributed by atoms with E-state index in [1.165, 1.54) is 25.1 Å². The smallest absolute Gasteiger partial charge is 0.347 e. The molecule has 0 aliphatic heterocycles. The zero-order valence-electron chi connectivity index (χ0n) is 14.9. The summed E-state index contributed by atoms with van der Waals surface area (Å²) in [7, 11) is 0. The first-order valence-corrected chi connectivity index (χ1v) is 8.39. The molecule has 0 saturated heterocycles. The molecule has 0 spiro atoms. The predicted molar refractivity (Wildman–Crippen MR) is 94.4 cm³/mol. The molecule has 140 valence electrons. The topological polar surface area (TPSA) is 109 Å². The highest BCUT2D eigenvalue weighted by atomic mass is 16.6. The number of aryl methyl sites for hydroxylation is 1. The Hall–Kier alpha value is -2.90. The summed E-state index contributed by atoms with van der Waals surface area (Å²) in [5.74, 6) is -0.768. The van der Waals surface area contributed by atoms with Crippen molar-refractivity contribution in [1.82, 2.24) is 0 Å². The maximum absolute atomic E-state index is 12.0. The van der Waals surface area contributed by atoms with Crippen LogP contribution < -0.4 is 10.4 Å². The third-order valence-corrected chi connectivity index (χ3v) is 3.86. The van der Waals surface area contributed by atoms with E-state index in [2.05, 4.69) is 0 Å². The molecule has 0 saturated carbocycles. The van der Waals surface area contributed by atoms with Crippen LogP contribution in [0.4, 0.5) is 5.69 Å². The molecule has 2 rings (SSSR count). The Morgan fingerprint density at radius 3 is 2.69 bits per heavy atom. The monoisotopic (exact) mass is 363 g/mol. The van der Waals surface area contributed by atoms with Gasteiger partial charge in [0.05, 0.1) is 11.5 Å². The lowest BCUT2D eigenvalue weighted by molar-refractivity contribution is -0.385. The van der Waals surface area contributed by atoms with Gasteiger partial charge in [-0.1, -0.05) is 19.8 Å². The van der Waals surface area contributed by atoms with Gasteiger partial charge in [-0.05, 0) is 25.8 Å². The molecule has 0 bridgehead atoms. The van der Waals surface area contributed by atoms with E-state index in [0.717, 1.165) is 19.3 Å². The first-order valence-electron chi connectivity index (χ1n) is 8.39. The van der Waals surface area contributed by atoms with E-state index in [1.807, 2.05) is 6.92 Å². The Balaban J connectivity index is 2.27. The third kappa shape index (κ3) is 4.59. The third-order valence-electron chi connectivity index (χ3n) is 3.86. The Kier molecular flexibility index (Phi) is 6.32. The van der Waals surface area contributed by atoms with Gasteiger partial charge in [0, 0.05) is 23.6 Å². The fourth-order valence-corrected chi connectivity index (χ4v) is 2.45. The number of carbonyl (C=O) groups excluding carboxylic acids is 1. The number of nitro benzene ring substituents is 1. The van der Waals surface area contributed by atoms with E-state index in [0.29, 0.717) is 10.9 Å². The zero-order chi connectivity index (χ0) is 19.3. The van der Waals surface area contributed by atoms with Crippen molar-refractivity contribution >= 4 is 22.6 Å². The summed E-state index contributed by atoms with van der Waals surface area (Å²) in [6, 6.07) is 3.77. The van der Waals surface area contributed by atoms with Crippen LogP contribution in [0.1, 0.15) is 38.7 Å². The fraction of sp³-hybridized carbons (Fsp3) is 0.444. The molecule has 26 heavy (non-hydrogen) atoms. The van der Waals surface area contributed by atoms with Crippen molar-refractivity contribution in [2.24, 2.45) is 0 Å². The van der Waals surface area contributed by atoms with Gasteiger partial charge in [-0.15, -0.1) is 0 Å². The fourth-order valence-electron chi connectivity index (χ4n) is 2.45. The first kappa shape index (κ1) is 19.4.